The van der Waals surface area contributed by atoms with Crippen molar-refractivity contribution in [1.82, 2.24) is 19.5 Å². The first-order valence-corrected chi connectivity index (χ1v) is 11.0. The molecule has 5 rings (SSSR count). The van der Waals surface area contributed by atoms with E-state index in [0.717, 1.165) is 5.56 Å². The lowest BCUT2D eigenvalue weighted by Gasteiger charge is -2.29. The van der Waals surface area contributed by atoms with Crippen LogP contribution in [0.4, 0.5) is 10.3 Å². The molecule has 0 saturated carbocycles. The molecule has 10 heteroatoms. The molecule has 3 heterocycles. The predicted octanol–water partition coefficient (Wildman–Crippen LogP) is 4.24. The largest absolute Gasteiger partial charge is 0.289 e. The monoisotopic (exact) mass is 463 g/mol. The van der Waals surface area contributed by atoms with Gasteiger partial charge in [-0.3, -0.25) is 24.6 Å². The summed E-state index contributed by atoms with van der Waals surface area (Å²) in [6.45, 7) is 5.33. The van der Waals surface area contributed by atoms with Crippen molar-refractivity contribution in [1.29, 1.82) is 0 Å². The number of carbonyl (C=O) groups is 3. The normalized spacial score (nSPS) is 13.6. The van der Waals surface area contributed by atoms with Crippen molar-refractivity contribution in [2.75, 3.05) is 5.32 Å². The highest BCUT2D eigenvalue weighted by Crippen LogP contribution is 2.30. The highest BCUT2D eigenvalue weighted by atomic mass is 32.1. The molecule has 0 atom stereocenters. The summed E-state index contributed by atoms with van der Waals surface area (Å²) in [5.41, 5.74) is 1.48. The molecule has 2 aromatic heterocycles. The lowest BCUT2D eigenvalue weighted by molar-refractivity contribution is 0.0507. The summed E-state index contributed by atoms with van der Waals surface area (Å²) in [6.07, 6.45) is 0. The van der Waals surface area contributed by atoms with Crippen molar-refractivity contribution in [2.24, 2.45) is 0 Å². The van der Waals surface area contributed by atoms with Crippen molar-refractivity contribution in [3.63, 3.8) is 0 Å². The Morgan fingerprint density at radius 3 is 2.42 bits per heavy atom. The third kappa shape index (κ3) is 3.48. The topological polar surface area (TPSA) is 96.7 Å². The third-order valence-corrected chi connectivity index (χ3v) is 6.08. The Morgan fingerprint density at radius 2 is 1.73 bits per heavy atom. The van der Waals surface area contributed by atoms with Crippen LogP contribution in [0.3, 0.4) is 0 Å². The highest BCUT2D eigenvalue weighted by Gasteiger charge is 2.42. The molecule has 0 fully saturated rings. The predicted molar refractivity (Wildman–Crippen MR) is 121 cm³/mol. The first kappa shape index (κ1) is 21.0. The summed E-state index contributed by atoms with van der Waals surface area (Å²) >= 11 is 1.33. The summed E-state index contributed by atoms with van der Waals surface area (Å²) in [5.74, 6) is -1.55. The van der Waals surface area contributed by atoms with E-state index >= 15 is 0 Å². The number of thiazole rings is 1. The lowest BCUT2D eigenvalue weighted by atomic mass is 10.1. The molecule has 0 aliphatic carbocycles. The van der Waals surface area contributed by atoms with Gasteiger partial charge in [0.1, 0.15) is 5.82 Å². The van der Waals surface area contributed by atoms with Crippen LogP contribution in [0.2, 0.25) is 0 Å². The Hall–Kier alpha value is -3.92. The number of hydrogen-bond acceptors (Lipinski definition) is 6. The van der Waals surface area contributed by atoms with E-state index < -0.39 is 17.4 Å². The van der Waals surface area contributed by atoms with E-state index in [1.165, 1.54) is 46.6 Å². The maximum atomic E-state index is 13.2. The van der Waals surface area contributed by atoms with E-state index in [1.807, 2.05) is 5.38 Å². The number of rotatable bonds is 3. The van der Waals surface area contributed by atoms with Gasteiger partial charge in [0, 0.05) is 22.0 Å². The van der Waals surface area contributed by atoms with Gasteiger partial charge in [-0.1, -0.05) is 0 Å². The Kier molecular flexibility index (Phi) is 4.64. The van der Waals surface area contributed by atoms with Crippen molar-refractivity contribution in [2.45, 2.75) is 26.3 Å². The molecular weight excluding hydrogens is 445 g/mol. The van der Waals surface area contributed by atoms with Gasteiger partial charge in [0.25, 0.3) is 23.7 Å². The van der Waals surface area contributed by atoms with Gasteiger partial charge in [-0.05, 0) is 63.2 Å². The van der Waals surface area contributed by atoms with E-state index in [1.54, 1.807) is 37.4 Å². The third-order valence-electron chi connectivity index (χ3n) is 5.27. The quantitative estimate of drug-likeness (QED) is 0.459. The van der Waals surface area contributed by atoms with Gasteiger partial charge < -0.3 is 0 Å². The summed E-state index contributed by atoms with van der Waals surface area (Å²) in [7, 11) is 0. The fourth-order valence-corrected chi connectivity index (χ4v) is 4.55. The maximum Gasteiger partial charge on any atom is 0.262 e. The number of benzene rings is 2. The van der Waals surface area contributed by atoms with Gasteiger partial charge in [-0.25, -0.2) is 8.91 Å². The average molecular weight is 463 g/mol. The molecule has 1 aliphatic rings. The lowest BCUT2D eigenvalue weighted by Crippen LogP contribution is -2.45. The number of carbonyl (C=O) groups excluding carboxylic acids is 3. The molecule has 166 valence electrons. The first-order chi connectivity index (χ1) is 15.6. The van der Waals surface area contributed by atoms with Gasteiger partial charge in [0.2, 0.25) is 4.96 Å². The molecule has 0 unspecified atom stereocenters. The van der Waals surface area contributed by atoms with Crippen LogP contribution in [-0.4, -0.2) is 42.8 Å². The maximum absolute atomic E-state index is 13.2. The fourth-order valence-electron chi connectivity index (χ4n) is 3.72. The smallest absolute Gasteiger partial charge is 0.262 e. The van der Waals surface area contributed by atoms with E-state index in [9.17, 15) is 18.8 Å². The zero-order valence-electron chi connectivity index (χ0n) is 17.9. The van der Waals surface area contributed by atoms with Gasteiger partial charge in [0.15, 0.2) is 0 Å². The number of aromatic nitrogens is 3. The Bertz CT molecular complexity index is 1450. The Balaban J connectivity index is 1.41. The summed E-state index contributed by atoms with van der Waals surface area (Å²) in [6, 6.07) is 10.4. The van der Waals surface area contributed by atoms with E-state index in [2.05, 4.69) is 15.4 Å². The Labute approximate surface area is 191 Å². The number of hydrogen-bond donors (Lipinski definition) is 1. The number of imide groups is 1. The van der Waals surface area contributed by atoms with Crippen molar-refractivity contribution >= 4 is 40.0 Å². The van der Waals surface area contributed by atoms with Crippen molar-refractivity contribution < 1.29 is 18.8 Å². The number of anilines is 1. The minimum atomic E-state index is -0.677. The molecule has 3 amide bonds. The summed E-state index contributed by atoms with van der Waals surface area (Å²) in [4.78, 5) is 44.3. The van der Waals surface area contributed by atoms with Crippen LogP contribution in [0.15, 0.2) is 47.8 Å². The average Bonchev–Trinajstić information content (AvgIpc) is 3.40. The highest BCUT2D eigenvalue weighted by molar-refractivity contribution is 7.15. The second-order valence-corrected chi connectivity index (χ2v) is 9.43. The van der Waals surface area contributed by atoms with Gasteiger partial charge in [-0.15, -0.1) is 16.4 Å². The standard InChI is InChI=1S/C23H18FN5O3S/c1-23(2,3)28-19(31)15-9-6-13(10-16(15)20(28)32)18(30)25-21-26-22-29(27-21)17(11-33-22)12-4-7-14(24)8-5-12/h4-11H,1-3H3,(H,25,27,30). The molecule has 0 spiro atoms. The first-order valence-electron chi connectivity index (χ1n) is 10.1. The van der Waals surface area contributed by atoms with Gasteiger partial charge in [0.05, 0.1) is 16.8 Å². The molecule has 8 nitrogen and oxygen atoms in total. The SMILES string of the molecule is CC(C)(C)N1C(=O)c2ccc(C(=O)Nc3nc4scc(-c5ccc(F)cc5)n4n3)cc2C1=O. The number of nitrogens with one attached hydrogen (secondary N) is 1. The zero-order valence-corrected chi connectivity index (χ0v) is 18.7. The van der Waals surface area contributed by atoms with Crippen molar-refractivity contribution in [3.8, 4) is 11.3 Å². The second kappa shape index (κ2) is 7.31. The molecule has 0 saturated heterocycles. The number of halogens is 1. The van der Waals surface area contributed by atoms with Gasteiger partial charge in [-0.2, -0.15) is 4.98 Å². The van der Waals surface area contributed by atoms with Crippen LogP contribution in [-0.2, 0) is 0 Å². The number of amides is 3. The van der Waals surface area contributed by atoms with Crippen LogP contribution in [0.25, 0.3) is 16.2 Å². The second-order valence-electron chi connectivity index (χ2n) is 8.59. The van der Waals surface area contributed by atoms with E-state index in [4.69, 9.17) is 0 Å². The van der Waals surface area contributed by atoms with Crippen LogP contribution in [0, 0.1) is 5.82 Å². The zero-order chi connectivity index (χ0) is 23.5. The minimum absolute atomic E-state index is 0.0921. The molecule has 1 N–H and O–H groups in total. The number of nitrogens with zero attached hydrogens (tertiary/aromatic N) is 4. The summed E-state index contributed by atoms with van der Waals surface area (Å²) < 4.78 is 14.8. The molecular formula is C23H18FN5O3S. The molecule has 0 radical (unpaired) electrons. The van der Waals surface area contributed by atoms with Crippen LogP contribution in [0.1, 0.15) is 51.8 Å². The number of fused-ring (bicyclic) bond motifs is 2. The van der Waals surface area contributed by atoms with Crippen molar-refractivity contribution in [3.05, 3.63) is 70.4 Å². The molecule has 0 bridgehead atoms. The molecule has 4 aromatic rings. The van der Waals surface area contributed by atoms with E-state index in [-0.39, 0.29) is 34.4 Å². The molecule has 2 aromatic carbocycles. The van der Waals surface area contributed by atoms with Gasteiger partial charge >= 0.3 is 0 Å². The summed E-state index contributed by atoms with van der Waals surface area (Å²) in [5, 5.41) is 8.82. The van der Waals surface area contributed by atoms with Crippen LogP contribution in [0.5, 0.6) is 0 Å². The Morgan fingerprint density at radius 1 is 1.03 bits per heavy atom. The van der Waals surface area contributed by atoms with E-state index in [0.29, 0.717) is 10.7 Å². The van der Waals surface area contributed by atoms with Crippen LogP contribution >= 0.6 is 11.3 Å². The molecule has 1 aliphatic heterocycles. The minimum Gasteiger partial charge on any atom is -0.289 e. The van der Waals surface area contributed by atoms with Crippen LogP contribution < -0.4 is 5.32 Å². The molecule has 33 heavy (non-hydrogen) atoms. The fraction of sp³-hybridized carbons (Fsp3) is 0.174.